The summed E-state index contributed by atoms with van der Waals surface area (Å²) in [6.45, 7) is 1.30. The molecule has 28 heavy (non-hydrogen) atoms. The quantitative estimate of drug-likeness (QED) is 0.597. The minimum absolute atomic E-state index is 0.118. The van der Waals surface area contributed by atoms with E-state index in [0.717, 1.165) is 35.9 Å². The van der Waals surface area contributed by atoms with Crippen LogP contribution in [0.2, 0.25) is 0 Å². The Kier molecular flexibility index (Phi) is 4.03. The Morgan fingerprint density at radius 3 is 2.89 bits per heavy atom. The van der Waals surface area contributed by atoms with Crippen molar-refractivity contribution >= 4 is 28.1 Å². The average molecular weight is 381 g/mol. The zero-order chi connectivity index (χ0) is 19.1. The van der Waals surface area contributed by atoms with Crippen LogP contribution in [-0.2, 0) is 0 Å². The molecule has 2 aliphatic heterocycles. The van der Waals surface area contributed by atoms with Crippen LogP contribution >= 0.6 is 0 Å². The Morgan fingerprint density at radius 1 is 1.14 bits per heavy atom. The van der Waals surface area contributed by atoms with Crippen molar-refractivity contribution in [3.63, 3.8) is 0 Å². The van der Waals surface area contributed by atoms with Gasteiger partial charge < -0.3 is 25.4 Å². The van der Waals surface area contributed by atoms with Gasteiger partial charge in [-0.2, -0.15) is 4.39 Å². The van der Waals surface area contributed by atoms with Crippen LogP contribution < -0.4 is 20.3 Å². The summed E-state index contributed by atoms with van der Waals surface area (Å²) in [5, 5.41) is 17.1. The van der Waals surface area contributed by atoms with Crippen LogP contribution in [0, 0.1) is 0 Å². The first-order valence-electron chi connectivity index (χ1n) is 9.33. The predicted octanol–water partition coefficient (Wildman–Crippen LogP) is 3.47. The van der Waals surface area contributed by atoms with Gasteiger partial charge >= 0.3 is 0 Å². The van der Waals surface area contributed by atoms with Crippen molar-refractivity contribution in [1.29, 1.82) is 0 Å². The van der Waals surface area contributed by atoms with Gasteiger partial charge in [-0.3, -0.25) is 0 Å². The Balaban J connectivity index is 1.39. The van der Waals surface area contributed by atoms with E-state index in [1.54, 1.807) is 12.1 Å². The Morgan fingerprint density at radius 2 is 2.00 bits per heavy atom. The molecule has 3 aromatic rings. The molecule has 0 aliphatic carbocycles. The first-order valence-corrected chi connectivity index (χ1v) is 9.33. The molecule has 0 saturated carbocycles. The van der Waals surface area contributed by atoms with Gasteiger partial charge in [-0.05, 0) is 25.0 Å². The minimum Gasteiger partial charge on any atom is -0.507 e. The molecule has 3 heterocycles. The van der Waals surface area contributed by atoms with Crippen LogP contribution in [-0.4, -0.2) is 40.7 Å². The maximum atomic E-state index is 13.7. The smallest absolute Gasteiger partial charge is 0.246 e. The summed E-state index contributed by atoms with van der Waals surface area (Å²) >= 11 is 0. The number of rotatable bonds is 4. The maximum Gasteiger partial charge on any atom is 0.246 e. The van der Waals surface area contributed by atoms with Crippen molar-refractivity contribution in [1.82, 2.24) is 9.97 Å². The lowest BCUT2D eigenvalue weighted by Gasteiger charge is -2.27. The van der Waals surface area contributed by atoms with E-state index in [9.17, 15) is 9.50 Å². The summed E-state index contributed by atoms with van der Waals surface area (Å²) in [7, 11) is 0. The largest absolute Gasteiger partial charge is 0.507 e. The number of anilines is 3. The monoisotopic (exact) mass is 381 g/mol. The van der Waals surface area contributed by atoms with Crippen LogP contribution in [0.5, 0.6) is 11.5 Å². The summed E-state index contributed by atoms with van der Waals surface area (Å²) < 4.78 is 19.8. The Bertz CT molecular complexity index is 1030. The van der Waals surface area contributed by atoms with Gasteiger partial charge in [0.05, 0.1) is 6.04 Å². The van der Waals surface area contributed by atoms with Crippen molar-refractivity contribution in [3.05, 3.63) is 42.7 Å². The number of halogens is 1. The molecule has 8 heteroatoms. The van der Waals surface area contributed by atoms with E-state index in [2.05, 4.69) is 25.5 Å². The molecule has 144 valence electrons. The average Bonchev–Trinajstić information content (AvgIpc) is 3.33. The number of fused-ring (bicyclic) bond motifs is 2. The molecule has 7 nitrogen and oxygen atoms in total. The summed E-state index contributed by atoms with van der Waals surface area (Å²) in [5.41, 5.74) is 0.594. The van der Waals surface area contributed by atoms with Crippen molar-refractivity contribution in [3.8, 4) is 11.5 Å². The number of phenolic OH excluding ortho intramolecular Hbond substituents is 1. The van der Waals surface area contributed by atoms with Crippen molar-refractivity contribution in [2.45, 2.75) is 25.3 Å². The number of nitrogens with one attached hydrogen (secondary N) is 2. The van der Waals surface area contributed by atoms with Gasteiger partial charge in [-0.1, -0.05) is 24.3 Å². The highest BCUT2D eigenvalue weighted by Gasteiger charge is 2.32. The van der Waals surface area contributed by atoms with E-state index in [-0.39, 0.29) is 11.8 Å². The van der Waals surface area contributed by atoms with Gasteiger partial charge in [0.25, 0.3) is 0 Å². The topological polar surface area (TPSA) is 82.5 Å². The number of aromatic hydroxyl groups is 1. The molecule has 0 spiro atoms. The molecule has 2 aliphatic rings. The van der Waals surface area contributed by atoms with Crippen LogP contribution in [0.4, 0.5) is 21.7 Å². The van der Waals surface area contributed by atoms with E-state index in [1.165, 1.54) is 6.33 Å². The zero-order valence-corrected chi connectivity index (χ0v) is 15.1. The second-order valence-electron chi connectivity index (χ2n) is 7.00. The molecule has 1 aromatic heterocycles. The standard InChI is InChI=1S/C20H20FN5O2/c21-20-24-17-18(25-20)22-11-23-19(17)26-9-3-4-12(26)10-28-16-8-7-15(27)13-5-1-2-6-14(13)16/h1-2,5-8,11-12,20,24,27H,3-4,9-10H2,(H,22,23,25)/t12-,20?/m1/s1. The van der Waals surface area contributed by atoms with E-state index >= 15 is 0 Å². The van der Waals surface area contributed by atoms with Gasteiger partial charge in [-0.25, -0.2) is 9.97 Å². The third-order valence-electron chi connectivity index (χ3n) is 5.30. The van der Waals surface area contributed by atoms with E-state index in [0.29, 0.717) is 23.9 Å². The fourth-order valence-corrected chi connectivity index (χ4v) is 3.97. The first-order chi connectivity index (χ1) is 13.7. The highest BCUT2D eigenvalue weighted by atomic mass is 19.1. The van der Waals surface area contributed by atoms with E-state index in [4.69, 9.17) is 4.74 Å². The number of hydrogen-bond acceptors (Lipinski definition) is 7. The maximum absolute atomic E-state index is 13.7. The van der Waals surface area contributed by atoms with Crippen molar-refractivity contribution in [2.75, 3.05) is 28.7 Å². The lowest BCUT2D eigenvalue weighted by atomic mass is 10.1. The summed E-state index contributed by atoms with van der Waals surface area (Å²) in [4.78, 5) is 10.6. The predicted molar refractivity (Wildman–Crippen MR) is 106 cm³/mol. The Hall–Kier alpha value is -3.29. The summed E-state index contributed by atoms with van der Waals surface area (Å²) in [6.07, 6.45) is 2.06. The first kappa shape index (κ1) is 16.9. The minimum atomic E-state index is -1.36. The number of aromatic nitrogens is 2. The molecule has 2 atom stereocenters. The molecular weight excluding hydrogens is 361 g/mol. The lowest BCUT2D eigenvalue weighted by molar-refractivity contribution is 0.291. The molecule has 0 radical (unpaired) electrons. The lowest BCUT2D eigenvalue weighted by Crippen LogP contribution is -2.35. The number of benzene rings is 2. The van der Waals surface area contributed by atoms with E-state index in [1.807, 2.05) is 24.3 Å². The second-order valence-corrected chi connectivity index (χ2v) is 7.00. The van der Waals surface area contributed by atoms with Gasteiger partial charge in [0.1, 0.15) is 30.1 Å². The van der Waals surface area contributed by atoms with Gasteiger partial charge in [-0.15, -0.1) is 0 Å². The number of phenols is 1. The fourth-order valence-electron chi connectivity index (χ4n) is 3.97. The molecule has 1 saturated heterocycles. The van der Waals surface area contributed by atoms with Gasteiger partial charge in [0.15, 0.2) is 11.6 Å². The third kappa shape index (κ3) is 2.81. The van der Waals surface area contributed by atoms with E-state index < -0.39 is 6.42 Å². The van der Waals surface area contributed by atoms with Gasteiger partial charge in [0, 0.05) is 17.3 Å². The molecule has 3 N–H and O–H groups in total. The van der Waals surface area contributed by atoms with Crippen molar-refractivity contribution < 1.29 is 14.2 Å². The van der Waals surface area contributed by atoms with Crippen LogP contribution in [0.1, 0.15) is 12.8 Å². The highest BCUT2D eigenvalue weighted by molar-refractivity contribution is 5.93. The number of ether oxygens (including phenoxy) is 1. The normalized spacial score (nSPS) is 20.7. The third-order valence-corrected chi connectivity index (χ3v) is 5.30. The summed E-state index contributed by atoms with van der Waals surface area (Å²) in [5.74, 6) is 2.14. The summed E-state index contributed by atoms with van der Waals surface area (Å²) in [6, 6.07) is 11.2. The molecule has 1 unspecified atom stereocenters. The molecule has 1 fully saturated rings. The zero-order valence-electron chi connectivity index (χ0n) is 15.1. The molecule has 5 rings (SSSR count). The number of alkyl halides is 1. The second kappa shape index (κ2) is 6.70. The fraction of sp³-hybridized carbons (Fsp3) is 0.300. The Labute approximate surface area is 161 Å². The number of nitrogens with zero attached hydrogens (tertiary/aromatic N) is 3. The molecular formula is C20H20FN5O2. The SMILES string of the molecule is Oc1ccc(OC[C@H]2CCCN2c2ncnc3c2NC(F)N3)c2ccccc12. The van der Waals surface area contributed by atoms with Crippen LogP contribution in [0.25, 0.3) is 10.8 Å². The van der Waals surface area contributed by atoms with Gasteiger partial charge in [0.2, 0.25) is 6.42 Å². The highest BCUT2D eigenvalue weighted by Crippen LogP contribution is 2.38. The van der Waals surface area contributed by atoms with Crippen LogP contribution in [0.15, 0.2) is 42.7 Å². The molecule has 0 bridgehead atoms. The number of hydrogen-bond donors (Lipinski definition) is 3. The molecule has 0 amide bonds. The van der Waals surface area contributed by atoms with Crippen molar-refractivity contribution in [2.24, 2.45) is 0 Å². The molecule has 2 aromatic carbocycles. The van der Waals surface area contributed by atoms with Crippen LogP contribution in [0.3, 0.4) is 0 Å².